The topological polar surface area (TPSA) is 76.6 Å². The molecule has 1 atom stereocenters. The number of nitrogens with zero attached hydrogens (tertiary/aromatic N) is 3. The minimum absolute atomic E-state index is 0.0469. The van der Waals surface area contributed by atoms with Gasteiger partial charge in [-0.3, -0.25) is 4.79 Å². The molecule has 0 aliphatic carbocycles. The molecule has 1 aliphatic rings. The Kier molecular flexibility index (Phi) is 6.24. The molecule has 2 aromatic rings. The Bertz CT molecular complexity index is 757. The second-order valence-corrected chi connectivity index (χ2v) is 6.62. The third kappa shape index (κ3) is 4.74. The summed E-state index contributed by atoms with van der Waals surface area (Å²) in [4.78, 5) is 23.2. The number of carbonyl (C=O) groups is 1. The molecule has 3 rings (SSSR count). The largest absolute Gasteiger partial charge is 0.481 e. The Labute approximate surface area is 159 Å². The number of benzene rings is 1. The first-order valence-corrected chi connectivity index (χ1v) is 9.21. The predicted octanol–water partition coefficient (Wildman–Crippen LogP) is 2.23. The number of hydrogen-bond donors (Lipinski definition) is 1. The van der Waals surface area contributed by atoms with Crippen molar-refractivity contribution in [1.29, 1.82) is 0 Å². The maximum Gasteiger partial charge on any atom is 0.320 e. The van der Waals surface area contributed by atoms with Crippen LogP contribution < -0.4 is 14.8 Å². The summed E-state index contributed by atoms with van der Waals surface area (Å²) >= 11 is 0. The standard InChI is InChI=1S/C20H26N4O3/c1-4-24-10-9-14(13-24)12-21-19(25)16-7-5-15(6-8-16)17-11-18(26-2)23-20(22-17)27-3/h5-8,11,14H,4,9-10,12-13H2,1-3H3,(H,21,25)/t14-/m0/s1. The molecule has 1 aliphatic heterocycles. The molecule has 1 fully saturated rings. The van der Waals surface area contributed by atoms with Gasteiger partial charge in [0.05, 0.1) is 19.9 Å². The first-order chi connectivity index (χ1) is 13.1. The Morgan fingerprint density at radius 2 is 2.00 bits per heavy atom. The molecule has 0 bridgehead atoms. The Hall–Kier alpha value is -2.67. The van der Waals surface area contributed by atoms with Crippen molar-refractivity contribution in [2.45, 2.75) is 13.3 Å². The first-order valence-electron chi connectivity index (χ1n) is 9.21. The number of nitrogens with one attached hydrogen (secondary N) is 1. The summed E-state index contributed by atoms with van der Waals surface area (Å²) in [6, 6.07) is 9.31. The van der Waals surface area contributed by atoms with Crippen LogP contribution in [-0.4, -0.2) is 61.2 Å². The van der Waals surface area contributed by atoms with E-state index in [1.165, 1.54) is 7.11 Å². The first kappa shape index (κ1) is 19.1. The van der Waals surface area contributed by atoms with E-state index < -0.39 is 0 Å². The summed E-state index contributed by atoms with van der Waals surface area (Å²) in [6.07, 6.45) is 1.14. The van der Waals surface area contributed by atoms with Crippen LogP contribution in [0.1, 0.15) is 23.7 Å². The van der Waals surface area contributed by atoms with Gasteiger partial charge >= 0.3 is 6.01 Å². The van der Waals surface area contributed by atoms with Crippen LogP contribution in [0.25, 0.3) is 11.3 Å². The molecule has 1 aromatic heterocycles. The summed E-state index contributed by atoms with van der Waals surface area (Å²) in [7, 11) is 3.05. The van der Waals surface area contributed by atoms with Crippen molar-refractivity contribution in [1.82, 2.24) is 20.2 Å². The van der Waals surface area contributed by atoms with E-state index in [0.717, 1.165) is 38.2 Å². The summed E-state index contributed by atoms with van der Waals surface area (Å²) < 4.78 is 10.3. The number of rotatable bonds is 7. The van der Waals surface area contributed by atoms with Gasteiger partial charge in [0.15, 0.2) is 0 Å². The van der Waals surface area contributed by atoms with Gasteiger partial charge in [-0.25, -0.2) is 0 Å². The van der Waals surface area contributed by atoms with Gasteiger partial charge in [-0.15, -0.1) is 0 Å². The van der Waals surface area contributed by atoms with E-state index >= 15 is 0 Å². The number of ether oxygens (including phenoxy) is 2. The lowest BCUT2D eigenvalue weighted by Gasteiger charge is -2.14. The number of aromatic nitrogens is 2. The van der Waals surface area contributed by atoms with Gasteiger partial charge in [0, 0.05) is 30.3 Å². The van der Waals surface area contributed by atoms with E-state index in [4.69, 9.17) is 9.47 Å². The van der Waals surface area contributed by atoms with Crippen LogP contribution in [0.3, 0.4) is 0 Å². The third-order valence-electron chi connectivity index (χ3n) is 4.89. The molecule has 1 aromatic carbocycles. The number of amides is 1. The molecular formula is C20H26N4O3. The molecule has 0 radical (unpaired) electrons. The summed E-state index contributed by atoms with van der Waals surface area (Å²) in [5.41, 5.74) is 2.17. The smallest absolute Gasteiger partial charge is 0.320 e. The fourth-order valence-electron chi connectivity index (χ4n) is 3.25. The molecule has 144 valence electrons. The molecule has 7 nitrogen and oxygen atoms in total. The lowest BCUT2D eigenvalue weighted by molar-refractivity contribution is 0.0947. The molecular weight excluding hydrogens is 344 g/mol. The lowest BCUT2D eigenvalue weighted by Crippen LogP contribution is -2.30. The molecule has 0 saturated carbocycles. The monoisotopic (exact) mass is 370 g/mol. The summed E-state index contributed by atoms with van der Waals surface area (Å²) in [6.45, 7) is 6.15. The van der Waals surface area contributed by atoms with Crippen molar-refractivity contribution in [3.8, 4) is 23.1 Å². The second-order valence-electron chi connectivity index (χ2n) is 6.62. The van der Waals surface area contributed by atoms with Gasteiger partial charge in [-0.1, -0.05) is 19.1 Å². The second kappa shape index (κ2) is 8.81. The van der Waals surface area contributed by atoms with Gasteiger partial charge in [0.2, 0.25) is 5.88 Å². The van der Waals surface area contributed by atoms with Gasteiger partial charge in [0.25, 0.3) is 5.91 Å². The van der Waals surface area contributed by atoms with Crippen molar-refractivity contribution < 1.29 is 14.3 Å². The van der Waals surface area contributed by atoms with Crippen molar-refractivity contribution in [3.05, 3.63) is 35.9 Å². The maximum absolute atomic E-state index is 12.4. The fraction of sp³-hybridized carbons (Fsp3) is 0.450. The van der Waals surface area contributed by atoms with E-state index in [2.05, 4.69) is 27.1 Å². The van der Waals surface area contributed by atoms with Crippen molar-refractivity contribution in [3.63, 3.8) is 0 Å². The highest BCUT2D eigenvalue weighted by Crippen LogP contribution is 2.23. The molecule has 27 heavy (non-hydrogen) atoms. The van der Waals surface area contributed by atoms with E-state index in [1.807, 2.05) is 12.1 Å². The molecule has 1 N–H and O–H groups in total. The molecule has 1 amide bonds. The van der Waals surface area contributed by atoms with Crippen LogP contribution >= 0.6 is 0 Å². The average molecular weight is 370 g/mol. The normalized spacial score (nSPS) is 16.9. The fourth-order valence-corrected chi connectivity index (χ4v) is 3.25. The highest BCUT2D eigenvalue weighted by Gasteiger charge is 2.21. The van der Waals surface area contributed by atoms with E-state index in [0.29, 0.717) is 23.1 Å². The molecule has 0 spiro atoms. The van der Waals surface area contributed by atoms with Gasteiger partial charge in [-0.2, -0.15) is 9.97 Å². The van der Waals surface area contributed by atoms with Crippen LogP contribution in [0.2, 0.25) is 0 Å². The molecule has 2 heterocycles. The van der Waals surface area contributed by atoms with Crippen molar-refractivity contribution in [2.24, 2.45) is 5.92 Å². The van der Waals surface area contributed by atoms with Gasteiger partial charge in [0.1, 0.15) is 0 Å². The SMILES string of the molecule is CCN1CC[C@@H](CNC(=O)c2ccc(-c3cc(OC)nc(OC)n3)cc2)C1. The third-order valence-corrected chi connectivity index (χ3v) is 4.89. The Balaban J connectivity index is 1.64. The van der Waals surface area contributed by atoms with Crippen molar-refractivity contribution >= 4 is 5.91 Å². The minimum Gasteiger partial charge on any atom is -0.481 e. The summed E-state index contributed by atoms with van der Waals surface area (Å²) in [5.74, 6) is 0.917. The quantitative estimate of drug-likeness (QED) is 0.805. The number of carbonyl (C=O) groups excluding carboxylic acids is 1. The van der Waals surface area contributed by atoms with Crippen LogP contribution in [-0.2, 0) is 0 Å². The highest BCUT2D eigenvalue weighted by molar-refractivity contribution is 5.94. The molecule has 0 unspecified atom stereocenters. The van der Waals surface area contributed by atoms with Gasteiger partial charge < -0.3 is 19.7 Å². The zero-order valence-corrected chi connectivity index (χ0v) is 16.1. The van der Waals surface area contributed by atoms with Crippen LogP contribution in [0.5, 0.6) is 11.9 Å². The number of likely N-dealkylation sites (tertiary alicyclic amines) is 1. The Morgan fingerprint density at radius 1 is 1.22 bits per heavy atom. The van der Waals surface area contributed by atoms with E-state index in [-0.39, 0.29) is 11.9 Å². The maximum atomic E-state index is 12.4. The number of hydrogen-bond acceptors (Lipinski definition) is 6. The summed E-state index contributed by atoms with van der Waals surface area (Å²) in [5, 5.41) is 3.05. The van der Waals surface area contributed by atoms with Gasteiger partial charge in [-0.05, 0) is 37.6 Å². The van der Waals surface area contributed by atoms with E-state index in [1.54, 1.807) is 25.3 Å². The van der Waals surface area contributed by atoms with Crippen LogP contribution in [0.15, 0.2) is 30.3 Å². The molecule has 7 heteroatoms. The van der Waals surface area contributed by atoms with Crippen LogP contribution in [0, 0.1) is 5.92 Å². The average Bonchev–Trinajstić information content (AvgIpc) is 3.19. The van der Waals surface area contributed by atoms with Crippen molar-refractivity contribution in [2.75, 3.05) is 40.4 Å². The molecule has 1 saturated heterocycles. The Morgan fingerprint density at radius 3 is 2.63 bits per heavy atom. The highest BCUT2D eigenvalue weighted by atomic mass is 16.5. The van der Waals surface area contributed by atoms with E-state index in [9.17, 15) is 4.79 Å². The predicted molar refractivity (Wildman–Crippen MR) is 103 cm³/mol. The van der Waals surface area contributed by atoms with Crippen LogP contribution in [0.4, 0.5) is 0 Å². The minimum atomic E-state index is -0.0469. The zero-order chi connectivity index (χ0) is 19.2. The lowest BCUT2D eigenvalue weighted by atomic mass is 10.1. The number of methoxy groups -OCH3 is 2. The zero-order valence-electron chi connectivity index (χ0n) is 16.1.